The second-order valence-corrected chi connectivity index (χ2v) is 2.65. The summed E-state index contributed by atoms with van der Waals surface area (Å²) in [5.74, 6) is 0.0628. The zero-order valence-electron chi connectivity index (χ0n) is 6.09. The van der Waals surface area contributed by atoms with Crippen LogP contribution in [-0.2, 0) is 0 Å². The van der Waals surface area contributed by atoms with Crippen molar-refractivity contribution in [3.63, 3.8) is 0 Å². The Morgan fingerprint density at radius 1 is 1.58 bits per heavy atom. The van der Waals surface area contributed by atoms with Crippen molar-refractivity contribution in [2.75, 3.05) is 7.11 Å². The third-order valence-corrected chi connectivity index (χ3v) is 1.68. The van der Waals surface area contributed by atoms with Gasteiger partial charge in [0.15, 0.2) is 4.60 Å². The van der Waals surface area contributed by atoms with Crippen molar-refractivity contribution in [1.82, 2.24) is 9.97 Å². The fourth-order valence-corrected chi connectivity index (χ4v) is 0.958. The molecule has 6 heteroatoms. The van der Waals surface area contributed by atoms with Crippen molar-refractivity contribution in [1.29, 1.82) is 0 Å². The molecule has 0 saturated carbocycles. The van der Waals surface area contributed by atoms with E-state index in [4.69, 9.17) is 0 Å². The number of nitrogens with zero attached hydrogens (tertiary/aromatic N) is 2. The van der Waals surface area contributed by atoms with Crippen LogP contribution in [-0.4, -0.2) is 17.1 Å². The zero-order valence-corrected chi connectivity index (χ0v) is 7.68. The van der Waals surface area contributed by atoms with Crippen LogP contribution in [0.5, 0.6) is 5.88 Å². The van der Waals surface area contributed by atoms with Crippen LogP contribution in [0.1, 0.15) is 12.1 Å². The molecule has 0 saturated heterocycles. The molecule has 0 N–H and O–H groups in total. The lowest BCUT2D eigenvalue weighted by Crippen LogP contribution is -1.97. The highest BCUT2D eigenvalue weighted by atomic mass is 79.9. The average Bonchev–Trinajstić information content (AvgIpc) is 2.05. The van der Waals surface area contributed by atoms with Crippen molar-refractivity contribution in [2.45, 2.75) is 6.43 Å². The maximum Gasteiger partial charge on any atom is 0.282 e. The molecule has 0 bridgehead atoms. The van der Waals surface area contributed by atoms with Crippen LogP contribution in [0, 0.1) is 0 Å². The van der Waals surface area contributed by atoms with E-state index in [0.717, 1.165) is 6.20 Å². The molecule has 1 aromatic rings. The molecule has 0 amide bonds. The number of hydrogen-bond donors (Lipinski definition) is 0. The van der Waals surface area contributed by atoms with Gasteiger partial charge >= 0.3 is 0 Å². The van der Waals surface area contributed by atoms with Crippen molar-refractivity contribution >= 4 is 15.9 Å². The first-order valence-electron chi connectivity index (χ1n) is 2.99. The van der Waals surface area contributed by atoms with E-state index in [1.54, 1.807) is 0 Å². The SMILES string of the molecule is COc1nc(C(F)F)cnc1Br. The smallest absolute Gasteiger partial charge is 0.282 e. The number of methoxy groups -OCH3 is 1. The van der Waals surface area contributed by atoms with Gasteiger partial charge in [-0.3, -0.25) is 0 Å². The molecule has 0 aliphatic carbocycles. The summed E-state index contributed by atoms with van der Waals surface area (Å²) >= 11 is 3.00. The molecule has 0 radical (unpaired) electrons. The summed E-state index contributed by atoms with van der Waals surface area (Å²) in [4.78, 5) is 7.13. The van der Waals surface area contributed by atoms with Crippen molar-refractivity contribution in [3.05, 3.63) is 16.5 Å². The zero-order chi connectivity index (χ0) is 9.14. The Kier molecular flexibility index (Phi) is 2.91. The molecule has 12 heavy (non-hydrogen) atoms. The van der Waals surface area contributed by atoms with E-state index in [1.807, 2.05) is 0 Å². The molecule has 66 valence electrons. The molecule has 1 aromatic heterocycles. The summed E-state index contributed by atoms with van der Waals surface area (Å²) in [6.07, 6.45) is -1.63. The minimum absolute atomic E-state index is 0.0628. The molecule has 0 unspecified atom stereocenters. The third kappa shape index (κ3) is 1.88. The molecule has 0 aliphatic rings. The van der Waals surface area contributed by atoms with Crippen LogP contribution in [0.25, 0.3) is 0 Å². The second kappa shape index (κ2) is 3.75. The number of halogens is 3. The first-order chi connectivity index (χ1) is 5.65. The van der Waals surface area contributed by atoms with E-state index in [2.05, 4.69) is 30.6 Å². The Labute approximate surface area is 75.9 Å². The predicted molar refractivity (Wildman–Crippen MR) is 41.2 cm³/mol. The summed E-state index contributed by atoms with van der Waals surface area (Å²) in [6.45, 7) is 0. The molecular weight excluding hydrogens is 234 g/mol. The highest BCUT2D eigenvalue weighted by molar-refractivity contribution is 9.10. The fourth-order valence-electron chi connectivity index (χ4n) is 0.605. The highest BCUT2D eigenvalue weighted by Crippen LogP contribution is 2.23. The van der Waals surface area contributed by atoms with Gasteiger partial charge in [-0.1, -0.05) is 0 Å². The van der Waals surface area contributed by atoms with Crippen molar-refractivity contribution in [2.24, 2.45) is 0 Å². The molecular formula is C6H5BrF2N2O. The number of aromatic nitrogens is 2. The molecule has 1 heterocycles. The van der Waals surface area contributed by atoms with Gasteiger partial charge in [0.25, 0.3) is 6.43 Å². The molecule has 0 aromatic carbocycles. The van der Waals surface area contributed by atoms with Crippen LogP contribution in [0.15, 0.2) is 10.8 Å². The van der Waals surface area contributed by atoms with Gasteiger partial charge in [-0.05, 0) is 15.9 Å². The minimum Gasteiger partial charge on any atom is -0.479 e. The number of alkyl halides is 2. The fraction of sp³-hybridized carbons (Fsp3) is 0.333. The maximum absolute atomic E-state index is 12.0. The van der Waals surface area contributed by atoms with E-state index in [-0.39, 0.29) is 5.88 Å². The van der Waals surface area contributed by atoms with E-state index in [0.29, 0.717) is 4.60 Å². The lowest BCUT2D eigenvalue weighted by atomic mass is 10.5. The third-order valence-electron chi connectivity index (χ3n) is 1.13. The van der Waals surface area contributed by atoms with Gasteiger partial charge in [-0.2, -0.15) is 0 Å². The van der Waals surface area contributed by atoms with Gasteiger partial charge in [0.1, 0.15) is 5.69 Å². The molecule has 3 nitrogen and oxygen atoms in total. The Morgan fingerprint density at radius 2 is 2.25 bits per heavy atom. The van der Waals surface area contributed by atoms with Crippen LogP contribution >= 0.6 is 15.9 Å². The van der Waals surface area contributed by atoms with Crippen molar-refractivity contribution < 1.29 is 13.5 Å². The predicted octanol–water partition coefficient (Wildman–Crippen LogP) is 2.19. The first-order valence-corrected chi connectivity index (χ1v) is 3.79. The van der Waals surface area contributed by atoms with E-state index in [1.165, 1.54) is 7.11 Å². The Hall–Kier alpha value is -0.780. The summed E-state index contributed by atoms with van der Waals surface area (Å²) in [7, 11) is 1.34. The quantitative estimate of drug-likeness (QED) is 0.793. The largest absolute Gasteiger partial charge is 0.479 e. The first kappa shape index (κ1) is 9.31. The van der Waals surface area contributed by atoms with Crippen LogP contribution in [0.3, 0.4) is 0 Å². The van der Waals surface area contributed by atoms with Gasteiger partial charge < -0.3 is 4.74 Å². The Bertz CT molecular complexity index is 282. The topological polar surface area (TPSA) is 35.0 Å². The Morgan fingerprint density at radius 3 is 2.75 bits per heavy atom. The van der Waals surface area contributed by atoms with E-state index < -0.39 is 12.1 Å². The standard InChI is InChI=1S/C6H5BrF2N2O/c1-12-6-4(7)10-2-3(11-6)5(8)9/h2,5H,1H3. The van der Waals surface area contributed by atoms with Gasteiger partial charge in [-0.25, -0.2) is 18.7 Å². The number of hydrogen-bond acceptors (Lipinski definition) is 3. The van der Waals surface area contributed by atoms with Crippen LogP contribution in [0.4, 0.5) is 8.78 Å². The normalized spacial score (nSPS) is 10.4. The molecule has 1 rings (SSSR count). The van der Waals surface area contributed by atoms with Gasteiger partial charge in [-0.15, -0.1) is 0 Å². The molecule has 0 fully saturated rings. The Balaban J connectivity index is 3.05. The summed E-state index contributed by atoms with van der Waals surface area (Å²) in [6, 6.07) is 0. The molecule has 0 aliphatic heterocycles. The van der Waals surface area contributed by atoms with Crippen molar-refractivity contribution in [3.8, 4) is 5.88 Å². The second-order valence-electron chi connectivity index (χ2n) is 1.90. The summed E-state index contributed by atoms with van der Waals surface area (Å²) in [5, 5.41) is 0. The summed E-state index contributed by atoms with van der Waals surface area (Å²) < 4.78 is 29.1. The monoisotopic (exact) mass is 238 g/mol. The van der Waals surface area contributed by atoms with Gasteiger partial charge in [0.2, 0.25) is 5.88 Å². The van der Waals surface area contributed by atoms with Crippen LogP contribution in [0.2, 0.25) is 0 Å². The average molecular weight is 239 g/mol. The lowest BCUT2D eigenvalue weighted by molar-refractivity contribution is 0.144. The molecule has 0 spiro atoms. The number of rotatable bonds is 2. The maximum atomic E-state index is 12.0. The van der Waals surface area contributed by atoms with Crippen LogP contribution < -0.4 is 4.74 Å². The molecule has 0 atom stereocenters. The highest BCUT2D eigenvalue weighted by Gasteiger charge is 2.12. The summed E-state index contributed by atoms with van der Waals surface area (Å²) in [5.41, 5.74) is -0.393. The lowest BCUT2D eigenvalue weighted by Gasteiger charge is -2.02. The van der Waals surface area contributed by atoms with E-state index >= 15 is 0 Å². The van der Waals surface area contributed by atoms with Gasteiger partial charge in [0.05, 0.1) is 13.3 Å². The minimum atomic E-state index is -2.63. The number of ether oxygens (including phenoxy) is 1. The van der Waals surface area contributed by atoms with E-state index in [9.17, 15) is 8.78 Å². The van der Waals surface area contributed by atoms with Gasteiger partial charge in [0, 0.05) is 0 Å².